The molecular weight excluding hydrogens is 336 g/mol. The number of carbonyl (C=O) groups is 1. The highest BCUT2D eigenvalue weighted by molar-refractivity contribution is 5.94. The van der Waals surface area contributed by atoms with Gasteiger partial charge in [-0.25, -0.2) is 0 Å². The number of aromatic nitrogens is 3. The van der Waals surface area contributed by atoms with E-state index >= 15 is 0 Å². The molecule has 4 rings (SSSR count). The van der Waals surface area contributed by atoms with E-state index in [1.54, 1.807) is 6.07 Å². The van der Waals surface area contributed by atoms with Crippen LogP contribution in [0.1, 0.15) is 27.0 Å². The van der Waals surface area contributed by atoms with Gasteiger partial charge in [0.25, 0.3) is 0 Å². The Labute approximate surface area is 157 Å². The summed E-state index contributed by atoms with van der Waals surface area (Å²) in [5, 5.41) is 5.44. The van der Waals surface area contributed by atoms with E-state index in [4.69, 9.17) is 5.73 Å². The van der Waals surface area contributed by atoms with Crippen LogP contribution in [-0.2, 0) is 13.5 Å². The van der Waals surface area contributed by atoms with Gasteiger partial charge in [0, 0.05) is 29.8 Å². The van der Waals surface area contributed by atoms with Crippen molar-refractivity contribution in [3.8, 4) is 11.3 Å². The minimum Gasteiger partial charge on any atom is -0.366 e. The van der Waals surface area contributed by atoms with Gasteiger partial charge < -0.3 is 5.73 Å². The third kappa shape index (κ3) is 3.31. The van der Waals surface area contributed by atoms with Gasteiger partial charge in [0.1, 0.15) is 0 Å². The van der Waals surface area contributed by atoms with Crippen molar-refractivity contribution in [2.45, 2.75) is 13.3 Å². The summed E-state index contributed by atoms with van der Waals surface area (Å²) in [7, 11) is 1.95. The SMILES string of the molecule is Cc1cc(-c2cc(Cc3ccc4cnn(C)c4c3)ccn2)ccc1C(N)=O. The summed E-state index contributed by atoms with van der Waals surface area (Å²) in [6.07, 6.45) is 4.52. The molecule has 0 unspecified atom stereocenters. The number of aryl methyl sites for hydroxylation is 2. The fourth-order valence-electron chi connectivity index (χ4n) is 3.38. The highest BCUT2D eigenvalue weighted by atomic mass is 16.1. The van der Waals surface area contributed by atoms with Crippen LogP contribution in [0, 0.1) is 6.92 Å². The van der Waals surface area contributed by atoms with Gasteiger partial charge in [-0.1, -0.05) is 18.2 Å². The maximum Gasteiger partial charge on any atom is 0.248 e. The van der Waals surface area contributed by atoms with E-state index in [0.717, 1.165) is 34.1 Å². The van der Waals surface area contributed by atoms with Gasteiger partial charge >= 0.3 is 0 Å². The van der Waals surface area contributed by atoms with Crippen LogP contribution in [0.3, 0.4) is 0 Å². The van der Waals surface area contributed by atoms with E-state index in [1.807, 2.05) is 49.2 Å². The minimum atomic E-state index is -0.411. The first-order valence-electron chi connectivity index (χ1n) is 8.77. The molecule has 1 amide bonds. The first kappa shape index (κ1) is 17.0. The van der Waals surface area contributed by atoms with Gasteiger partial charge in [-0.05, 0) is 60.4 Å². The molecule has 5 nitrogen and oxygen atoms in total. The van der Waals surface area contributed by atoms with Crippen molar-refractivity contribution in [3.63, 3.8) is 0 Å². The number of nitrogens with zero attached hydrogens (tertiary/aromatic N) is 3. The molecule has 0 aliphatic rings. The average molecular weight is 356 g/mol. The molecule has 0 spiro atoms. The molecule has 2 heterocycles. The summed E-state index contributed by atoms with van der Waals surface area (Å²) in [4.78, 5) is 15.9. The van der Waals surface area contributed by atoms with Crippen LogP contribution in [0.4, 0.5) is 0 Å². The highest BCUT2D eigenvalue weighted by Crippen LogP contribution is 2.23. The van der Waals surface area contributed by atoms with E-state index < -0.39 is 5.91 Å². The van der Waals surface area contributed by atoms with Gasteiger partial charge in [0.15, 0.2) is 0 Å². The minimum absolute atomic E-state index is 0.411. The normalized spacial score (nSPS) is 11.0. The summed E-state index contributed by atoms with van der Waals surface area (Å²) in [5.74, 6) is -0.411. The average Bonchev–Trinajstić information content (AvgIpc) is 3.02. The quantitative estimate of drug-likeness (QED) is 0.607. The molecule has 0 aliphatic heterocycles. The van der Waals surface area contributed by atoms with Crippen molar-refractivity contribution in [2.75, 3.05) is 0 Å². The summed E-state index contributed by atoms with van der Waals surface area (Å²) < 4.78 is 1.89. The number of benzene rings is 2. The lowest BCUT2D eigenvalue weighted by molar-refractivity contribution is 0.0999. The Morgan fingerprint density at radius 2 is 1.89 bits per heavy atom. The van der Waals surface area contributed by atoms with Gasteiger partial charge in [0.05, 0.1) is 17.4 Å². The van der Waals surface area contributed by atoms with Gasteiger partial charge in [-0.15, -0.1) is 0 Å². The van der Waals surface area contributed by atoms with Crippen LogP contribution in [0.5, 0.6) is 0 Å². The van der Waals surface area contributed by atoms with Crippen LogP contribution in [0.2, 0.25) is 0 Å². The van der Waals surface area contributed by atoms with Crippen LogP contribution >= 0.6 is 0 Å². The molecule has 0 saturated carbocycles. The van der Waals surface area contributed by atoms with Gasteiger partial charge in [-0.2, -0.15) is 5.10 Å². The number of rotatable bonds is 4. The molecule has 2 N–H and O–H groups in total. The molecule has 0 aliphatic carbocycles. The summed E-state index contributed by atoms with van der Waals surface area (Å²) in [5.41, 5.74) is 12.2. The Balaban J connectivity index is 1.64. The van der Waals surface area contributed by atoms with Crippen molar-refractivity contribution < 1.29 is 4.79 Å². The third-order valence-corrected chi connectivity index (χ3v) is 4.83. The van der Waals surface area contributed by atoms with E-state index in [9.17, 15) is 4.79 Å². The standard InChI is InChI=1S/C22H20N4O/c1-14-9-17(5-6-19(14)22(23)27)20-11-16(7-8-24-20)10-15-3-4-18-13-25-26(2)21(18)12-15/h3-9,11-13H,10H2,1-2H3,(H2,23,27). The molecular formula is C22H20N4O. The number of hydrogen-bond acceptors (Lipinski definition) is 3. The van der Waals surface area contributed by atoms with Crippen LogP contribution in [-0.4, -0.2) is 20.7 Å². The number of nitrogens with two attached hydrogens (primary N) is 1. The molecule has 0 saturated heterocycles. The zero-order valence-corrected chi connectivity index (χ0v) is 15.3. The number of amides is 1. The first-order chi connectivity index (χ1) is 13.0. The molecule has 5 heteroatoms. The van der Waals surface area contributed by atoms with Crippen molar-refractivity contribution in [1.29, 1.82) is 0 Å². The predicted octanol–water partition coefficient (Wildman–Crippen LogP) is 3.63. The topological polar surface area (TPSA) is 73.8 Å². The lowest BCUT2D eigenvalue weighted by atomic mass is 10.00. The molecule has 27 heavy (non-hydrogen) atoms. The van der Waals surface area contributed by atoms with E-state index in [0.29, 0.717) is 5.56 Å². The van der Waals surface area contributed by atoms with E-state index in [2.05, 4.69) is 34.3 Å². The Morgan fingerprint density at radius 1 is 1.07 bits per heavy atom. The second kappa shape index (κ2) is 6.68. The van der Waals surface area contributed by atoms with E-state index in [1.165, 1.54) is 11.1 Å². The zero-order chi connectivity index (χ0) is 19.0. The lowest BCUT2D eigenvalue weighted by Gasteiger charge is -2.08. The van der Waals surface area contributed by atoms with Crippen molar-refractivity contribution >= 4 is 16.8 Å². The van der Waals surface area contributed by atoms with Crippen LogP contribution in [0.15, 0.2) is 60.9 Å². The van der Waals surface area contributed by atoms with Crippen LogP contribution < -0.4 is 5.73 Å². The molecule has 134 valence electrons. The smallest absolute Gasteiger partial charge is 0.248 e. The maximum atomic E-state index is 11.4. The van der Waals surface area contributed by atoms with Crippen molar-refractivity contribution in [3.05, 3.63) is 83.2 Å². The molecule has 0 fully saturated rings. The molecule has 0 atom stereocenters. The highest BCUT2D eigenvalue weighted by Gasteiger charge is 2.08. The molecule has 2 aromatic heterocycles. The fourth-order valence-corrected chi connectivity index (χ4v) is 3.38. The van der Waals surface area contributed by atoms with Gasteiger partial charge in [-0.3, -0.25) is 14.5 Å². The number of carbonyl (C=O) groups excluding carboxylic acids is 1. The summed E-state index contributed by atoms with van der Waals surface area (Å²) >= 11 is 0. The van der Waals surface area contributed by atoms with Gasteiger partial charge in [0.2, 0.25) is 5.91 Å². The second-order valence-corrected chi connectivity index (χ2v) is 6.78. The Kier molecular flexibility index (Phi) is 4.20. The maximum absolute atomic E-state index is 11.4. The van der Waals surface area contributed by atoms with Crippen LogP contribution in [0.25, 0.3) is 22.2 Å². The van der Waals surface area contributed by atoms with Crippen molar-refractivity contribution in [1.82, 2.24) is 14.8 Å². The molecule has 0 bridgehead atoms. The Hall–Kier alpha value is -3.47. The largest absolute Gasteiger partial charge is 0.366 e. The monoisotopic (exact) mass is 356 g/mol. The molecule has 4 aromatic rings. The molecule has 2 aromatic carbocycles. The number of hydrogen-bond donors (Lipinski definition) is 1. The fraction of sp³-hybridized carbons (Fsp3) is 0.136. The second-order valence-electron chi connectivity index (χ2n) is 6.78. The van der Waals surface area contributed by atoms with Crippen molar-refractivity contribution in [2.24, 2.45) is 12.8 Å². The third-order valence-electron chi connectivity index (χ3n) is 4.83. The van der Waals surface area contributed by atoms with E-state index in [-0.39, 0.29) is 0 Å². The number of fused-ring (bicyclic) bond motifs is 1. The summed E-state index contributed by atoms with van der Waals surface area (Å²) in [6, 6.07) is 16.1. The Bertz CT molecular complexity index is 1160. The summed E-state index contributed by atoms with van der Waals surface area (Å²) in [6.45, 7) is 1.89. The Morgan fingerprint density at radius 3 is 2.67 bits per heavy atom. The number of primary amides is 1. The predicted molar refractivity (Wildman–Crippen MR) is 106 cm³/mol. The molecule has 0 radical (unpaired) electrons. The lowest BCUT2D eigenvalue weighted by Crippen LogP contribution is -2.12. The number of pyridine rings is 1. The zero-order valence-electron chi connectivity index (χ0n) is 15.3. The first-order valence-corrected chi connectivity index (χ1v) is 8.77.